The van der Waals surface area contributed by atoms with E-state index < -0.39 is 5.97 Å². The summed E-state index contributed by atoms with van der Waals surface area (Å²) in [5.74, 6) is -1.15. The van der Waals surface area contributed by atoms with Crippen LogP contribution < -0.4 is 5.32 Å². The summed E-state index contributed by atoms with van der Waals surface area (Å²) in [7, 11) is 1.78. The quantitative estimate of drug-likeness (QED) is 0.825. The molecule has 2 aromatic heterocycles. The largest absolute Gasteiger partial charge is 0.478 e. The van der Waals surface area contributed by atoms with E-state index in [9.17, 15) is 9.59 Å². The van der Waals surface area contributed by atoms with Crippen LogP contribution in [0, 0.1) is 6.92 Å². The summed E-state index contributed by atoms with van der Waals surface area (Å²) >= 11 is 1.47. The van der Waals surface area contributed by atoms with Crippen molar-refractivity contribution in [3.05, 3.63) is 45.4 Å². The third-order valence-corrected chi connectivity index (χ3v) is 3.95. The van der Waals surface area contributed by atoms with Crippen molar-refractivity contribution in [1.29, 1.82) is 0 Å². The summed E-state index contributed by atoms with van der Waals surface area (Å²) in [6.07, 6.45) is 4.15. The summed E-state index contributed by atoms with van der Waals surface area (Å²) < 4.78 is 1.65. The van der Waals surface area contributed by atoms with Crippen LogP contribution in [0.15, 0.2) is 23.7 Å². The van der Waals surface area contributed by atoms with Gasteiger partial charge in [0.05, 0.1) is 18.3 Å². The van der Waals surface area contributed by atoms with Gasteiger partial charge in [0.25, 0.3) is 5.91 Å². The predicted octanol–water partition coefficient (Wildman–Crippen LogP) is 1.82. The number of carboxylic acid groups (broad SMARTS) is 1. The van der Waals surface area contributed by atoms with E-state index in [0.29, 0.717) is 12.1 Å². The summed E-state index contributed by atoms with van der Waals surface area (Å²) in [5.41, 5.74) is 2.17. The van der Waals surface area contributed by atoms with E-state index in [0.717, 1.165) is 22.2 Å². The average molecular weight is 305 g/mol. The SMILES string of the molecule is Cc1c(C(=O)NCc2cc(C=CC(=O)O)cs2)cnn1C. The molecule has 0 atom stereocenters. The number of rotatable bonds is 5. The summed E-state index contributed by atoms with van der Waals surface area (Å²) in [6, 6.07) is 1.85. The van der Waals surface area contributed by atoms with Crippen LogP contribution in [0.1, 0.15) is 26.5 Å². The van der Waals surface area contributed by atoms with Crippen LogP contribution in [0.5, 0.6) is 0 Å². The number of aromatic nitrogens is 2. The fourth-order valence-corrected chi connectivity index (χ4v) is 2.52. The van der Waals surface area contributed by atoms with E-state index >= 15 is 0 Å². The Kier molecular flexibility index (Phi) is 4.54. The molecule has 6 nitrogen and oxygen atoms in total. The molecule has 110 valence electrons. The Balaban J connectivity index is 1.96. The highest BCUT2D eigenvalue weighted by molar-refractivity contribution is 7.10. The van der Waals surface area contributed by atoms with Gasteiger partial charge in [-0.15, -0.1) is 11.3 Å². The minimum Gasteiger partial charge on any atom is -0.478 e. The molecule has 1 amide bonds. The molecule has 0 aliphatic carbocycles. The Morgan fingerprint density at radius 3 is 2.90 bits per heavy atom. The van der Waals surface area contributed by atoms with Crippen molar-refractivity contribution in [3.63, 3.8) is 0 Å². The highest BCUT2D eigenvalue weighted by atomic mass is 32.1. The number of carbonyl (C=O) groups excluding carboxylic acids is 1. The van der Waals surface area contributed by atoms with Gasteiger partial charge in [0.2, 0.25) is 0 Å². The van der Waals surface area contributed by atoms with Crippen molar-refractivity contribution < 1.29 is 14.7 Å². The molecule has 0 bridgehead atoms. The van der Waals surface area contributed by atoms with Crippen LogP contribution in [0.2, 0.25) is 0 Å². The molecule has 0 aromatic carbocycles. The number of hydrogen-bond acceptors (Lipinski definition) is 4. The molecule has 0 saturated carbocycles. The molecule has 0 radical (unpaired) electrons. The van der Waals surface area contributed by atoms with Crippen molar-refractivity contribution in [2.75, 3.05) is 0 Å². The molecular formula is C14H15N3O3S. The fraction of sp³-hybridized carbons (Fsp3) is 0.214. The van der Waals surface area contributed by atoms with Crippen LogP contribution in [-0.4, -0.2) is 26.8 Å². The number of amides is 1. The lowest BCUT2D eigenvalue weighted by molar-refractivity contribution is -0.131. The molecule has 2 rings (SSSR count). The summed E-state index contributed by atoms with van der Waals surface area (Å²) in [4.78, 5) is 23.4. The van der Waals surface area contributed by atoms with Crippen LogP contribution in [0.25, 0.3) is 6.08 Å². The first-order chi connectivity index (χ1) is 9.97. The van der Waals surface area contributed by atoms with Gasteiger partial charge in [-0.3, -0.25) is 9.48 Å². The lowest BCUT2D eigenvalue weighted by atomic mass is 10.2. The molecule has 0 aliphatic rings. The number of carbonyl (C=O) groups is 2. The first kappa shape index (κ1) is 15.0. The van der Waals surface area contributed by atoms with E-state index in [-0.39, 0.29) is 5.91 Å². The molecule has 0 fully saturated rings. The normalized spacial score (nSPS) is 11.0. The van der Waals surface area contributed by atoms with E-state index in [1.54, 1.807) is 17.9 Å². The Morgan fingerprint density at radius 1 is 1.52 bits per heavy atom. The predicted molar refractivity (Wildman–Crippen MR) is 80.1 cm³/mol. The highest BCUT2D eigenvalue weighted by Gasteiger charge is 2.12. The van der Waals surface area contributed by atoms with Crippen LogP contribution in [0.4, 0.5) is 0 Å². The standard InChI is InChI=1S/C14H15N3O3S/c1-9-12(7-16-17(9)2)14(20)15-6-11-5-10(8-21-11)3-4-13(18)19/h3-5,7-8H,6H2,1-2H3,(H,15,20)(H,18,19). The fourth-order valence-electron chi connectivity index (χ4n) is 1.73. The van der Waals surface area contributed by atoms with E-state index in [2.05, 4.69) is 10.4 Å². The molecule has 0 unspecified atom stereocenters. The number of nitrogens with one attached hydrogen (secondary N) is 1. The van der Waals surface area contributed by atoms with Gasteiger partial charge in [-0.1, -0.05) is 0 Å². The molecule has 21 heavy (non-hydrogen) atoms. The van der Waals surface area contributed by atoms with Crippen molar-refractivity contribution in [2.24, 2.45) is 7.05 Å². The summed E-state index contributed by atoms with van der Waals surface area (Å²) in [6.45, 7) is 2.24. The van der Waals surface area contributed by atoms with Gasteiger partial charge in [-0.25, -0.2) is 4.79 Å². The highest BCUT2D eigenvalue weighted by Crippen LogP contribution is 2.16. The van der Waals surface area contributed by atoms with Crippen LogP contribution >= 0.6 is 11.3 Å². The molecule has 2 heterocycles. The third-order valence-electron chi connectivity index (χ3n) is 3.00. The number of nitrogens with zero attached hydrogens (tertiary/aromatic N) is 2. The molecule has 2 aromatic rings. The zero-order valence-corrected chi connectivity index (χ0v) is 12.5. The second-order valence-electron chi connectivity index (χ2n) is 4.47. The molecule has 2 N–H and O–H groups in total. The number of aryl methyl sites for hydroxylation is 1. The second kappa shape index (κ2) is 6.36. The molecule has 7 heteroatoms. The van der Waals surface area contributed by atoms with Gasteiger partial charge in [0.15, 0.2) is 0 Å². The van der Waals surface area contributed by atoms with E-state index in [1.807, 2.05) is 18.4 Å². The average Bonchev–Trinajstić information content (AvgIpc) is 3.02. The topological polar surface area (TPSA) is 84.2 Å². The van der Waals surface area contributed by atoms with Crippen molar-refractivity contribution in [3.8, 4) is 0 Å². The molecule has 0 aliphatic heterocycles. The Morgan fingerprint density at radius 2 is 2.29 bits per heavy atom. The third kappa shape index (κ3) is 3.79. The maximum Gasteiger partial charge on any atom is 0.328 e. The van der Waals surface area contributed by atoms with Crippen molar-refractivity contribution in [1.82, 2.24) is 15.1 Å². The first-order valence-electron chi connectivity index (χ1n) is 6.22. The first-order valence-corrected chi connectivity index (χ1v) is 7.10. The van der Waals surface area contributed by atoms with Gasteiger partial charge in [0.1, 0.15) is 0 Å². The maximum absolute atomic E-state index is 12.0. The number of hydrogen-bond donors (Lipinski definition) is 2. The monoisotopic (exact) mass is 305 g/mol. The van der Waals surface area contributed by atoms with E-state index in [4.69, 9.17) is 5.11 Å². The Bertz CT molecular complexity index is 700. The second-order valence-corrected chi connectivity index (χ2v) is 5.46. The molecular weight excluding hydrogens is 290 g/mol. The Hall–Kier alpha value is -2.41. The van der Waals surface area contributed by atoms with Crippen molar-refractivity contribution in [2.45, 2.75) is 13.5 Å². The van der Waals surface area contributed by atoms with Gasteiger partial charge < -0.3 is 10.4 Å². The van der Waals surface area contributed by atoms with Gasteiger partial charge in [0, 0.05) is 23.7 Å². The van der Waals surface area contributed by atoms with Gasteiger partial charge in [-0.05, 0) is 30.0 Å². The maximum atomic E-state index is 12.0. The zero-order chi connectivity index (χ0) is 15.4. The van der Waals surface area contributed by atoms with Crippen LogP contribution in [0.3, 0.4) is 0 Å². The summed E-state index contributed by atoms with van der Waals surface area (Å²) in [5, 5.41) is 17.3. The smallest absolute Gasteiger partial charge is 0.328 e. The van der Waals surface area contributed by atoms with Crippen molar-refractivity contribution >= 4 is 29.3 Å². The molecule has 0 saturated heterocycles. The van der Waals surface area contributed by atoms with Gasteiger partial charge >= 0.3 is 5.97 Å². The zero-order valence-electron chi connectivity index (χ0n) is 11.7. The number of aliphatic carboxylic acids is 1. The number of thiophene rings is 1. The van der Waals surface area contributed by atoms with E-state index in [1.165, 1.54) is 17.4 Å². The molecule has 0 spiro atoms. The minimum absolute atomic E-state index is 0.170. The van der Waals surface area contributed by atoms with Crippen LogP contribution in [-0.2, 0) is 18.4 Å². The Labute approximate surface area is 125 Å². The minimum atomic E-state index is -0.983. The lowest BCUT2D eigenvalue weighted by Crippen LogP contribution is -2.22. The number of carboxylic acids is 1. The van der Waals surface area contributed by atoms with Gasteiger partial charge in [-0.2, -0.15) is 5.10 Å². The lowest BCUT2D eigenvalue weighted by Gasteiger charge is -2.02.